The first-order valence-corrected chi connectivity index (χ1v) is 20.1. The van der Waals surface area contributed by atoms with Crippen molar-refractivity contribution >= 4 is 16.4 Å². The van der Waals surface area contributed by atoms with E-state index in [-0.39, 0.29) is 5.92 Å². The van der Waals surface area contributed by atoms with Gasteiger partial charge < -0.3 is 20.2 Å². The Bertz CT molecular complexity index is 1490. The number of hydrogen-bond donors (Lipinski definition) is 5. The van der Waals surface area contributed by atoms with Crippen molar-refractivity contribution in [1.29, 1.82) is 0 Å². The first-order valence-electron chi connectivity index (χ1n) is 18.7. The van der Waals surface area contributed by atoms with Gasteiger partial charge >= 0.3 is 16.4 Å². The molecule has 0 aromatic heterocycles. The summed E-state index contributed by atoms with van der Waals surface area (Å²) in [5.41, 5.74) is 1.47. The van der Waals surface area contributed by atoms with E-state index in [1.807, 2.05) is 72.8 Å². The zero-order chi connectivity index (χ0) is 39.0. The molecule has 3 aromatic rings. The Hall–Kier alpha value is -3.12. The summed E-state index contributed by atoms with van der Waals surface area (Å²) < 4.78 is 31.6. The van der Waals surface area contributed by atoms with E-state index in [2.05, 4.69) is 32.6 Å². The third-order valence-corrected chi connectivity index (χ3v) is 10.3. The lowest BCUT2D eigenvalue weighted by atomic mass is 9.72. The quantitative estimate of drug-likeness (QED) is 0.0962. The number of nitrogens with zero attached hydrogens (tertiary/aromatic N) is 1. The summed E-state index contributed by atoms with van der Waals surface area (Å²) in [6, 6.07) is 27.3. The average molecular weight is 742 g/mol. The zero-order valence-electron chi connectivity index (χ0n) is 32.0. The van der Waals surface area contributed by atoms with Crippen LogP contribution in [0.2, 0.25) is 0 Å². The third kappa shape index (κ3) is 15.1. The Morgan fingerprint density at radius 2 is 1.27 bits per heavy atom. The molecule has 4 rings (SSSR count). The van der Waals surface area contributed by atoms with E-state index in [4.69, 9.17) is 17.5 Å². The van der Waals surface area contributed by atoms with Gasteiger partial charge in [0.05, 0.1) is 11.5 Å². The van der Waals surface area contributed by atoms with Crippen LogP contribution in [0.3, 0.4) is 0 Å². The minimum atomic E-state index is -4.67. The number of rotatable bonds is 15. The molecule has 9 nitrogen and oxygen atoms in total. The van der Waals surface area contributed by atoms with Gasteiger partial charge in [-0.1, -0.05) is 138 Å². The summed E-state index contributed by atoms with van der Waals surface area (Å²) >= 11 is 0. The van der Waals surface area contributed by atoms with Crippen molar-refractivity contribution < 1.29 is 37.6 Å². The van der Waals surface area contributed by atoms with Gasteiger partial charge in [0.25, 0.3) is 0 Å². The number of piperidine rings is 1. The minimum Gasteiger partial charge on any atom is -0.481 e. The monoisotopic (exact) mass is 741 g/mol. The number of aliphatic hydroxyl groups is 2. The molecule has 52 heavy (non-hydrogen) atoms. The lowest BCUT2D eigenvalue weighted by Gasteiger charge is -2.42. The highest BCUT2D eigenvalue weighted by Crippen LogP contribution is 2.42. The molecule has 1 heterocycles. The number of carboxylic acid groups (broad SMARTS) is 1. The molecule has 0 amide bonds. The van der Waals surface area contributed by atoms with E-state index in [0.717, 1.165) is 73.0 Å². The maximum Gasteiger partial charge on any atom is 0.394 e. The summed E-state index contributed by atoms with van der Waals surface area (Å²) in [5, 5.41) is 32.2. The first kappa shape index (κ1) is 45.0. The maximum atomic E-state index is 12.1. The number of hydrogen-bond acceptors (Lipinski definition) is 6. The summed E-state index contributed by atoms with van der Waals surface area (Å²) in [6.07, 6.45) is 8.37. The molecule has 5 N–H and O–H groups in total. The van der Waals surface area contributed by atoms with Crippen LogP contribution in [0, 0.1) is 17.8 Å². The lowest BCUT2D eigenvalue weighted by molar-refractivity contribution is -0.142. The second-order valence-corrected chi connectivity index (χ2v) is 16.0. The molecule has 1 aliphatic rings. The van der Waals surface area contributed by atoms with Crippen molar-refractivity contribution in [3.63, 3.8) is 0 Å². The molecule has 0 aliphatic carbocycles. The fraction of sp³-hybridized carbons (Fsp3) is 0.548. The van der Waals surface area contributed by atoms with E-state index in [9.17, 15) is 20.1 Å². The van der Waals surface area contributed by atoms with E-state index in [1.54, 1.807) is 26.0 Å². The number of aliphatic carboxylic acids is 1. The van der Waals surface area contributed by atoms with Crippen LogP contribution in [0.25, 0.3) is 0 Å². The standard InChI is InChI=1S/C32H39NO4.C10H22.H2O4S/c1-31(2,30(35)36)25-17-15-24(16-18-25)29(34)14-9-21-33-22-19-28(20-23-33)32(37,26-10-5-3-6-11-26)27-12-7-4-8-13-27;1-5-10(4)8-6-7-9(2)3;1-5(2,3)4/h3-8,10-13,15-18,28-29,34,37H,9,14,19-23H2,1-2H3,(H,35,36);9-10H,5-8H2,1-4H3;(H2,1,2,3,4)/t29-;;/m0../s1. The highest BCUT2D eigenvalue weighted by molar-refractivity contribution is 7.79. The predicted molar refractivity (Wildman–Crippen MR) is 209 cm³/mol. The second kappa shape index (κ2) is 21.5. The number of carboxylic acids is 1. The molecule has 1 fully saturated rings. The second-order valence-electron chi connectivity index (χ2n) is 15.1. The predicted octanol–water partition coefficient (Wildman–Crippen LogP) is 8.72. The highest BCUT2D eigenvalue weighted by atomic mass is 32.3. The van der Waals surface area contributed by atoms with Crippen LogP contribution < -0.4 is 0 Å². The minimum absolute atomic E-state index is 0.132. The van der Waals surface area contributed by atoms with Gasteiger partial charge in [0.15, 0.2) is 0 Å². The van der Waals surface area contributed by atoms with Gasteiger partial charge in [-0.2, -0.15) is 8.42 Å². The van der Waals surface area contributed by atoms with Gasteiger partial charge in [-0.05, 0) is 99.2 Å². The van der Waals surface area contributed by atoms with Crippen LogP contribution >= 0.6 is 0 Å². The van der Waals surface area contributed by atoms with Crippen molar-refractivity contribution in [2.75, 3.05) is 19.6 Å². The normalized spacial score (nSPS) is 15.5. The Morgan fingerprint density at radius 3 is 1.69 bits per heavy atom. The van der Waals surface area contributed by atoms with E-state index in [0.29, 0.717) is 6.42 Å². The van der Waals surface area contributed by atoms with Gasteiger partial charge in [-0.15, -0.1) is 0 Å². The summed E-state index contributed by atoms with van der Waals surface area (Å²) in [7, 11) is -4.67. The zero-order valence-corrected chi connectivity index (χ0v) is 32.8. The molecule has 0 saturated carbocycles. The SMILES string of the molecule is CC(C)(C(=O)O)c1ccc([C@@H](O)CCCN2CCC(C(O)(c3ccccc3)c3ccccc3)CC2)cc1.CCC(C)CCCC(C)C.O=S(=O)(O)O. The Labute approximate surface area is 312 Å². The molecule has 0 bridgehead atoms. The number of aliphatic hydroxyl groups excluding tert-OH is 1. The van der Waals surface area contributed by atoms with Crippen LogP contribution in [0.4, 0.5) is 0 Å². The van der Waals surface area contributed by atoms with Gasteiger partial charge in [0.2, 0.25) is 0 Å². The Balaban J connectivity index is 0.000000524. The average Bonchev–Trinajstić information content (AvgIpc) is 3.11. The van der Waals surface area contributed by atoms with Crippen molar-refractivity contribution in [3.05, 3.63) is 107 Å². The smallest absolute Gasteiger partial charge is 0.394 e. The first-order chi connectivity index (χ1) is 24.4. The van der Waals surface area contributed by atoms with Crippen molar-refractivity contribution in [2.24, 2.45) is 17.8 Å². The molecule has 1 aliphatic heterocycles. The van der Waals surface area contributed by atoms with Crippen molar-refractivity contribution in [2.45, 2.75) is 110 Å². The largest absolute Gasteiger partial charge is 0.481 e. The molecule has 10 heteroatoms. The Kier molecular flexibility index (Phi) is 18.7. The van der Waals surface area contributed by atoms with Crippen molar-refractivity contribution in [1.82, 2.24) is 4.90 Å². The lowest BCUT2D eigenvalue weighted by Crippen LogP contribution is -2.44. The van der Waals surface area contributed by atoms with Gasteiger partial charge in [0.1, 0.15) is 5.60 Å². The molecule has 0 radical (unpaired) electrons. The van der Waals surface area contributed by atoms with Gasteiger partial charge in [0, 0.05) is 0 Å². The summed E-state index contributed by atoms with van der Waals surface area (Å²) in [6.45, 7) is 15.3. The van der Waals surface area contributed by atoms with Crippen LogP contribution in [0.1, 0.15) is 121 Å². The molecular formula is C42H63NO8S. The molecule has 1 saturated heterocycles. The molecule has 3 aromatic carbocycles. The fourth-order valence-electron chi connectivity index (χ4n) is 6.60. The van der Waals surface area contributed by atoms with Crippen molar-refractivity contribution in [3.8, 4) is 0 Å². The van der Waals surface area contributed by atoms with E-state index in [1.165, 1.54) is 25.7 Å². The summed E-state index contributed by atoms with van der Waals surface area (Å²) in [5.74, 6) is 1.10. The third-order valence-electron chi connectivity index (χ3n) is 10.3. The van der Waals surface area contributed by atoms with Crippen LogP contribution in [0.5, 0.6) is 0 Å². The van der Waals surface area contributed by atoms with Gasteiger partial charge in [-0.25, -0.2) is 0 Å². The Morgan fingerprint density at radius 1 is 0.788 bits per heavy atom. The van der Waals surface area contributed by atoms with Crippen LogP contribution in [-0.2, 0) is 26.2 Å². The highest BCUT2D eigenvalue weighted by Gasteiger charge is 2.41. The molecule has 290 valence electrons. The maximum absolute atomic E-state index is 12.1. The van der Waals surface area contributed by atoms with Gasteiger partial charge in [-0.3, -0.25) is 13.9 Å². The van der Waals surface area contributed by atoms with Crippen LogP contribution in [-0.4, -0.2) is 63.3 Å². The fourth-order valence-corrected chi connectivity index (χ4v) is 6.60. The topological polar surface area (TPSA) is 156 Å². The summed E-state index contributed by atoms with van der Waals surface area (Å²) in [4.78, 5) is 13.9. The molecule has 0 spiro atoms. The van der Waals surface area contributed by atoms with Crippen LogP contribution in [0.15, 0.2) is 84.9 Å². The van der Waals surface area contributed by atoms with E-state index < -0.39 is 33.5 Å². The molecular weight excluding hydrogens is 679 g/mol. The molecule has 1 unspecified atom stereocenters. The van der Waals surface area contributed by atoms with E-state index >= 15 is 0 Å². The number of carbonyl (C=O) groups is 1. The number of benzene rings is 3. The number of likely N-dealkylation sites (tertiary alicyclic amines) is 1. The molecule has 2 atom stereocenters.